The van der Waals surface area contributed by atoms with E-state index in [0.717, 1.165) is 32.5 Å². The van der Waals surface area contributed by atoms with Crippen LogP contribution in [0.25, 0.3) is 0 Å². The molecule has 1 unspecified atom stereocenters. The second-order valence-electron chi connectivity index (χ2n) is 6.21. The molecule has 2 amide bonds. The highest BCUT2D eigenvalue weighted by Crippen LogP contribution is 2.20. The highest BCUT2D eigenvalue weighted by Gasteiger charge is 2.31. The molecule has 1 N–H and O–H groups in total. The molecule has 0 radical (unpaired) electrons. The van der Waals surface area contributed by atoms with Crippen molar-refractivity contribution in [1.82, 2.24) is 14.7 Å². The number of amides is 2. The van der Waals surface area contributed by atoms with Gasteiger partial charge in [-0.3, -0.25) is 9.69 Å². The Labute approximate surface area is 126 Å². The minimum atomic E-state index is -0.789. The van der Waals surface area contributed by atoms with Gasteiger partial charge in [0.25, 0.3) is 0 Å². The molecule has 6 nitrogen and oxygen atoms in total. The lowest BCUT2D eigenvalue weighted by Crippen LogP contribution is -2.50. The van der Waals surface area contributed by atoms with Gasteiger partial charge in [0.1, 0.15) is 0 Å². The Bertz CT molecular complexity index is 388. The fraction of sp³-hybridized carbons (Fsp3) is 0.867. The third-order valence-corrected chi connectivity index (χ3v) is 4.76. The van der Waals surface area contributed by atoms with Crippen molar-refractivity contribution in [2.45, 2.75) is 38.6 Å². The zero-order valence-corrected chi connectivity index (χ0v) is 13.1. The number of hydrogen-bond donors (Lipinski definition) is 1. The smallest absolute Gasteiger partial charge is 0.319 e. The molecule has 2 aliphatic rings. The molecule has 2 atom stereocenters. The van der Waals surface area contributed by atoms with E-state index in [2.05, 4.69) is 11.8 Å². The maximum atomic E-state index is 12.5. The summed E-state index contributed by atoms with van der Waals surface area (Å²) in [6, 6.07) is 0.424. The van der Waals surface area contributed by atoms with Gasteiger partial charge in [0.2, 0.25) is 0 Å². The van der Waals surface area contributed by atoms with Gasteiger partial charge in [0.05, 0.1) is 5.92 Å². The van der Waals surface area contributed by atoms with Crippen molar-refractivity contribution in [3.8, 4) is 0 Å². The quantitative estimate of drug-likeness (QED) is 0.850. The van der Waals surface area contributed by atoms with Crippen LogP contribution in [0.1, 0.15) is 32.6 Å². The van der Waals surface area contributed by atoms with Crippen LogP contribution < -0.4 is 0 Å². The van der Waals surface area contributed by atoms with Crippen molar-refractivity contribution in [3.05, 3.63) is 0 Å². The first-order valence-electron chi connectivity index (χ1n) is 7.99. The van der Waals surface area contributed by atoms with Crippen LogP contribution in [0, 0.1) is 5.92 Å². The third kappa shape index (κ3) is 3.87. The SMILES string of the molecule is CCN1CCCC1CN(C)C(=O)N1CCC[C@@H](C(=O)O)C1. The molecule has 2 saturated heterocycles. The van der Waals surface area contributed by atoms with Crippen molar-refractivity contribution in [3.63, 3.8) is 0 Å². The molecular weight excluding hydrogens is 270 g/mol. The number of carboxylic acids is 1. The molecule has 2 fully saturated rings. The van der Waals surface area contributed by atoms with Crippen LogP contribution in [0.5, 0.6) is 0 Å². The summed E-state index contributed by atoms with van der Waals surface area (Å²) in [7, 11) is 1.83. The molecule has 0 aliphatic carbocycles. The fourth-order valence-corrected chi connectivity index (χ4v) is 3.51. The van der Waals surface area contributed by atoms with Gasteiger partial charge in [0.15, 0.2) is 0 Å². The predicted molar refractivity (Wildman–Crippen MR) is 80.2 cm³/mol. The number of likely N-dealkylation sites (tertiary alicyclic amines) is 2. The predicted octanol–water partition coefficient (Wildman–Crippen LogP) is 1.32. The Morgan fingerprint density at radius 3 is 2.62 bits per heavy atom. The third-order valence-electron chi connectivity index (χ3n) is 4.76. The summed E-state index contributed by atoms with van der Waals surface area (Å²) in [6.07, 6.45) is 3.80. The summed E-state index contributed by atoms with van der Waals surface area (Å²) >= 11 is 0. The molecule has 0 aromatic rings. The summed E-state index contributed by atoms with van der Waals surface area (Å²) in [6.45, 7) is 6.06. The first-order valence-corrected chi connectivity index (χ1v) is 7.99. The average Bonchev–Trinajstić information content (AvgIpc) is 2.93. The Morgan fingerprint density at radius 2 is 1.95 bits per heavy atom. The standard InChI is InChI=1S/C15H27N3O3/c1-3-17-8-5-7-13(17)11-16(2)15(21)18-9-4-6-12(10-18)14(19)20/h12-13H,3-11H2,1-2H3,(H,19,20)/t12-,13?/m1/s1. The number of carboxylic acid groups (broad SMARTS) is 1. The molecule has 2 aliphatic heterocycles. The molecule has 2 heterocycles. The van der Waals surface area contributed by atoms with Gasteiger partial charge in [-0.05, 0) is 38.8 Å². The van der Waals surface area contributed by atoms with E-state index in [1.165, 1.54) is 6.42 Å². The van der Waals surface area contributed by atoms with Crippen LogP contribution in [0.2, 0.25) is 0 Å². The number of likely N-dealkylation sites (N-methyl/N-ethyl adjacent to an activating group) is 2. The average molecular weight is 297 g/mol. The Balaban J connectivity index is 1.88. The molecule has 0 aromatic heterocycles. The maximum absolute atomic E-state index is 12.5. The van der Waals surface area contributed by atoms with Gasteiger partial charge in [-0.25, -0.2) is 4.79 Å². The summed E-state index contributed by atoms with van der Waals surface area (Å²) in [5.41, 5.74) is 0. The normalized spacial score (nSPS) is 26.9. The Kier molecular flexibility index (Phi) is 5.45. The van der Waals surface area contributed by atoms with E-state index >= 15 is 0 Å². The van der Waals surface area contributed by atoms with E-state index in [9.17, 15) is 9.59 Å². The number of nitrogens with zero attached hydrogens (tertiary/aromatic N) is 3. The van der Waals surface area contributed by atoms with Crippen molar-refractivity contribution in [1.29, 1.82) is 0 Å². The first-order chi connectivity index (χ1) is 10.0. The minimum absolute atomic E-state index is 0.0242. The number of aliphatic carboxylic acids is 1. The number of rotatable bonds is 4. The minimum Gasteiger partial charge on any atom is -0.481 e. The van der Waals surface area contributed by atoms with Crippen LogP contribution in [0.3, 0.4) is 0 Å². The van der Waals surface area contributed by atoms with Gasteiger partial charge in [0, 0.05) is 32.7 Å². The lowest BCUT2D eigenvalue weighted by Gasteiger charge is -2.35. The highest BCUT2D eigenvalue weighted by molar-refractivity contribution is 5.76. The van der Waals surface area contributed by atoms with Crippen LogP contribution in [0.4, 0.5) is 4.79 Å². The molecule has 120 valence electrons. The monoisotopic (exact) mass is 297 g/mol. The van der Waals surface area contributed by atoms with Gasteiger partial charge in [-0.1, -0.05) is 6.92 Å². The van der Waals surface area contributed by atoms with Crippen LogP contribution in [-0.2, 0) is 4.79 Å². The highest BCUT2D eigenvalue weighted by atomic mass is 16.4. The lowest BCUT2D eigenvalue weighted by molar-refractivity contribution is -0.143. The molecule has 6 heteroatoms. The second-order valence-corrected chi connectivity index (χ2v) is 6.21. The lowest BCUT2D eigenvalue weighted by atomic mass is 9.98. The maximum Gasteiger partial charge on any atom is 0.319 e. The summed E-state index contributed by atoms with van der Waals surface area (Å²) in [5.74, 6) is -1.20. The fourth-order valence-electron chi connectivity index (χ4n) is 3.51. The molecule has 0 aromatic carbocycles. The summed E-state index contributed by atoms with van der Waals surface area (Å²) < 4.78 is 0. The zero-order chi connectivity index (χ0) is 15.4. The van der Waals surface area contributed by atoms with E-state index in [1.807, 2.05) is 7.05 Å². The van der Waals surface area contributed by atoms with Gasteiger partial charge < -0.3 is 14.9 Å². The van der Waals surface area contributed by atoms with Crippen LogP contribution >= 0.6 is 0 Å². The molecule has 21 heavy (non-hydrogen) atoms. The number of hydrogen-bond acceptors (Lipinski definition) is 3. The van der Waals surface area contributed by atoms with Crippen molar-refractivity contribution >= 4 is 12.0 Å². The molecular formula is C15H27N3O3. The van der Waals surface area contributed by atoms with Gasteiger partial charge >= 0.3 is 12.0 Å². The van der Waals surface area contributed by atoms with E-state index in [0.29, 0.717) is 25.6 Å². The Morgan fingerprint density at radius 1 is 1.24 bits per heavy atom. The molecule has 0 spiro atoms. The molecule has 0 bridgehead atoms. The van der Waals surface area contributed by atoms with Gasteiger partial charge in [-0.15, -0.1) is 0 Å². The Hall–Kier alpha value is -1.30. The number of urea groups is 1. The molecule has 0 saturated carbocycles. The number of piperidine rings is 1. The first kappa shape index (κ1) is 16.1. The van der Waals surface area contributed by atoms with Crippen molar-refractivity contribution in [2.24, 2.45) is 5.92 Å². The van der Waals surface area contributed by atoms with E-state index in [4.69, 9.17) is 5.11 Å². The number of carbonyl (C=O) groups excluding carboxylic acids is 1. The van der Waals surface area contributed by atoms with Gasteiger partial charge in [-0.2, -0.15) is 0 Å². The van der Waals surface area contributed by atoms with E-state index in [1.54, 1.807) is 9.80 Å². The second kappa shape index (κ2) is 7.11. The largest absolute Gasteiger partial charge is 0.481 e. The van der Waals surface area contributed by atoms with Crippen molar-refractivity contribution < 1.29 is 14.7 Å². The summed E-state index contributed by atoms with van der Waals surface area (Å²) in [5, 5.41) is 9.11. The zero-order valence-electron chi connectivity index (χ0n) is 13.1. The number of carbonyl (C=O) groups is 2. The van der Waals surface area contributed by atoms with E-state index in [-0.39, 0.29) is 6.03 Å². The van der Waals surface area contributed by atoms with Crippen LogP contribution in [-0.4, -0.2) is 77.6 Å². The van der Waals surface area contributed by atoms with Crippen LogP contribution in [0.15, 0.2) is 0 Å². The van der Waals surface area contributed by atoms with Crippen molar-refractivity contribution in [2.75, 3.05) is 39.8 Å². The summed E-state index contributed by atoms with van der Waals surface area (Å²) in [4.78, 5) is 29.5. The topological polar surface area (TPSA) is 64.1 Å². The van der Waals surface area contributed by atoms with E-state index < -0.39 is 11.9 Å². The molecule has 2 rings (SSSR count).